The molecular weight excluding hydrogens is 288 g/mol. The third-order valence-electron chi connectivity index (χ3n) is 3.67. The van der Waals surface area contributed by atoms with Crippen molar-refractivity contribution in [2.45, 2.75) is 31.3 Å². The largest absolute Gasteiger partial charge is 0.396 e. The van der Waals surface area contributed by atoms with Crippen molar-refractivity contribution in [1.29, 1.82) is 0 Å². The van der Waals surface area contributed by atoms with Crippen LogP contribution < -0.4 is 10.6 Å². The molecule has 0 bridgehead atoms. The lowest BCUT2D eigenvalue weighted by atomic mass is 10.1. The van der Waals surface area contributed by atoms with Crippen molar-refractivity contribution in [2.24, 2.45) is 0 Å². The molecular formula is C14H24N4O2S. The average molecular weight is 312 g/mol. The van der Waals surface area contributed by atoms with Gasteiger partial charge in [0.15, 0.2) is 0 Å². The molecule has 0 aromatic carbocycles. The Morgan fingerprint density at radius 1 is 1.71 bits per heavy atom. The van der Waals surface area contributed by atoms with Crippen molar-refractivity contribution in [3.63, 3.8) is 0 Å². The standard InChI is InChI=1S/C14H24N4O2S/c1-21-10-11(5-8-19)16-14(20)13-4-7-18(17-13)12-3-2-6-15-9-12/h4,7,11-12,15,19H,2-3,5-6,8-10H2,1H3,(H,16,20). The molecule has 2 heterocycles. The maximum Gasteiger partial charge on any atom is 0.272 e. The predicted molar refractivity (Wildman–Crippen MR) is 84.7 cm³/mol. The van der Waals surface area contributed by atoms with E-state index in [9.17, 15) is 4.79 Å². The molecule has 1 fully saturated rings. The minimum atomic E-state index is -0.162. The van der Waals surface area contributed by atoms with Crippen LogP contribution in [0.5, 0.6) is 0 Å². The van der Waals surface area contributed by atoms with Crippen LogP contribution in [0.4, 0.5) is 0 Å². The molecule has 1 saturated heterocycles. The molecule has 2 rings (SSSR count). The van der Waals surface area contributed by atoms with Crippen molar-refractivity contribution in [2.75, 3.05) is 31.7 Å². The summed E-state index contributed by atoms with van der Waals surface area (Å²) in [5.74, 6) is 0.629. The van der Waals surface area contributed by atoms with E-state index < -0.39 is 0 Å². The van der Waals surface area contributed by atoms with E-state index in [1.54, 1.807) is 17.8 Å². The Balaban J connectivity index is 1.94. The Hall–Kier alpha value is -1.05. The summed E-state index contributed by atoms with van der Waals surface area (Å²) in [7, 11) is 0. The molecule has 0 saturated carbocycles. The zero-order valence-corrected chi connectivity index (χ0v) is 13.2. The van der Waals surface area contributed by atoms with Gasteiger partial charge in [-0.2, -0.15) is 16.9 Å². The molecule has 6 nitrogen and oxygen atoms in total. The van der Waals surface area contributed by atoms with Crippen molar-refractivity contribution in [3.8, 4) is 0 Å². The number of hydrogen-bond donors (Lipinski definition) is 3. The van der Waals surface area contributed by atoms with Crippen LogP contribution in [0.2, 0.25) is 0 Å². The van der Waals surface area contributed by atoms with E-state index in [2.05, 4.69) is 15.7 Å². The second-order valence-electron chi connectivity index (χ2n) is 5.32. The molecule has 0 aliphatic carbocycles. The molecule has 1 aliphatic rings. The van der Waals surface area contributed by atoms with Gasteiger partial charge >= 0.3 is 0 Å². The topological polar surface area (TPSA) is 79.2 Å². The molecule has 0 spiro atoms. The van der Waals surface area contributed by atoms with Gasteiger partial charge < -0.3 is 15.7 Å². The van der Waals surface area contributed by atoms with E-state index >= 15 is 0 Å². The third kappa shape index (κ3) is 4.72. The first-order chi connectivity index (χ1) is 10.2. The number of carbonyl (C=O) groups is 1. The fraction of sp³-hybridized carbons (Fsp3) is 0.714. The molecule has 21 heavy (non-hydrogen) atoms. The van der Waals surface area contributed by atoms with E-state index in [1.165, 1.54) is 0 Å². The Morgan fingerprint density at radius 2 is 2.57 bits per heavy atom. The highest BCUT2D eigenvalue weighted by atomic mass is 32.2. The lowest BCUT2D eigenvalue weighted by molar-refractivity contribution is 0.0929. The summed E-state index contributed by atoms with van der Waals surface area (Å²) in [6.07, 6.45) is 6.66. The number of aliphatic hydroxyl groups excluding tert-OH is 1. The number of aliphatic hydroxyl groups is 1. The molecule has 0 radical (unpaired) electrons. The number of rotatable bonds is 7. The molecule has 2 atom stereocenters. The Bertz CT molecular complexity index is 440. The first kappa shape index (κ1) is 16.3. The van der Waals surface area contributed by atoms with Gasteiger partial charge in [0.05, 0.1) is 6.04 Å². The average Bonchev–Trinajstić information content (AvgIpc) is 2.98. The summed E-state index contributed by atoms with van der Waals surface area (Å²) in [6.45, 7) is 2.04. The number of piperidine rings is 1. The molecule has 1 aromatic rings. The summed E-state index contributed by atoms with van der Waals surface area (Å²) in [5.41, 5.74) is 0.449. The molecule has 1 aliphatic heterocycles. The highest BCUT2D eigenvalue weighted by molar-refractivity contribution is 7.98. The van der Waals surface area contributed by atoms with Gasteiger partial charge in [0, 0.05) is 31.1 Å². The number of amides is 1. The van der Waals surface area contributed by atoms with Gasteiger partial charge in [0.25, 0.3) is 5.91 Å². The quantitative estimate of drug-likeness (QED) is 0.689. The molecule has 7 heteroatoms. The number of aromatic nitrogens is 2. The fourth-order valence-corrected chi connectivity index (χ4v) is 3.19. The van der Waals surface area contributed by atoms with E-state index in [1.807, 2.05) is 17.1 Å². The molecule has 1 aromatic heterocycles. The lowest BCUT2D eigenvalue weighted by Crippen LogP contribution is -2.37. The van der Waals surface area contributed by atoms with Crippen LogP contribution in [-0.4, -0.2) is 58.5 Å². The van der Waals surface area contributed by atoms with Crippen LogP contribution in [0.1, 0.15) is 35.8 Å². The number of nitrogens with zero attached hydrogens (tertiary/aromatic N) is 2. The monoisotopic (exact) mass is 312 g/mol. The van der Waals surface area contributed by atoms with E-state index in [0.717, 1.165) is 31.7 Å². The van der Waals surface area contributed by atoms with Crippen LogP contribution in [0.15, 0.2) is 12.3 Å². The summed E-state index contributed by atoms with van der Waals surface area (Å²) < 4.78 is 1.89. The SMILES string of the molecule is CSCC(CCO)NC(=O)c1ccn(C2CCCNC2)n1. The first-order valence-corrected chi connectivity index (χ1v) is 8.80. The summed E-state index contributed by atoms with van der Waals surface area (Å²) in [4.78, 5) is 12.2. The van der Waals surface area contributed by atoms with Crippen molar-refractivity contribution < 1.29 is 9.90 Å². The lowest BCUT2D eigenvalue weighted by Gasteiger charge is -2.23. The van der Waals surface area contributed by atoms with Crippen LogP contribution in [0, 0.1) is 0 Å². The Labute approximate surface area is 129 Å². The molecule has 1 amide bonds. The van der Waals surface area contributed by atoms with Gasteiger partial charge in [0.2, 0.25) is 0 Å². The molecule has 3 N–H and O–H groups in total. The van der Waals surface area contributed by atoms with E-state index in [0.29, 0.717) is 18.2 Å². The fourth-order valence-electron chi connectivity index (χ4n) is 2.54. The highest BCUT2D eigenvalue weighted by Gasteiger charge is 2.19. The van der Waals surface area contributed by atoms with Gasteiger partial charge in [-0.3, -0.25) is 9.48 Å². The third-order valence-corrected chi connectivity index (χ3v) is 4.40. The van der Waals surface area contributed by atoms with Gasteiger partial charge in [0.1, 0.15) is 5.69 Å². The number of nitrogens with one attached hydrogen (secondary N) is 2. The smallest absolute Gasteiger partial charge is 0.272 e. The van der Waals surface area contributed by atoms with Gasteiger partial charge in [-0.05, 0) is 38.1 Å². The maximum absolute atomic E-state index is 12.2. The van der Waals surface area contributed by atoms with Gasteiger partial charge in [-0.1, -0.05) is 0 Å². The Kier molecular flexibility index (Phi) is 6.53. The zero-order valence-electron chi connectivity index (χ0n) is 12.4. The van der Waals surface area contributed by atoms with Crippen molar-refractivity contribution in [1.82, 2.24) is 20.4 Å². The summed E-state index contributed by atoms with van der Waals surface area (Å²) in [5, 5.41) is 19.7. The number of carbonyl (C=O) groups excluding carboxylic acids is 1. The summed E-state index contributed by atoms with van der Waals surface area (Å²) >= 11 is 1.66. The second kappa shape index (κ2) is 8.41. The van der Waals surface area contributed by atoms with Crippen molar-refractivity contribution in [3.05, 3.63) is 18.0 Å². The summed E-state index contributed by atoms with van der Waals surface area (Å²) in [6, 6.07) is 2.08. The van der Waals surface area contributed by atoms with E-state index in [-0.39, 0.29) is 18.6 Å². The minimum absolute atomic E-state index is 0.0148. The minimum Gasteiger partial charge on any atom is -0.396 e. The van der Waals surface area contributed by atoms with Crippen LogP contribution in [0.3, 0.4) is 0 Å². The van der Waals surface area contributed by atoms with Crippen molar-refractivity contribution >= 4 is 17.7 Å². The highest BCUT2D eigenvalue weighted by Crippen LogP contribution is 2.15. The number of thioether (sulfide) groups is 1. The predicted octanol–water partition coefficient (Wildman–Crippen LogP) is 0.651. The zero-order chi connectivity index (χ0) is 15.1. The van der Waals surface area contributed by atoms with Gasteiger partial charge in [-0.25, -0.2) is 0 Å². The molecule has 118 valence electrons. The maximum atomic E-state index is 12.2. The van der Waals surface area contributed by atoms with Gasteiger partial charge in [-0.15, -0.1) is 0 Å². The van der Waals surface area contributed by atoms with Crippen LogP contribution >= 0.6 is 11.8 Å². The molecule has 2 unspecified atom stereocenters. The Morgan fingerprint density at radius 3 is 3.24 bits per heavy atom. The van der Waals surface area contributed by atoms with Crippen LogP contribution in [-0.2, 0) is 0 Å². The first-order valence-electron chi connectivity index (χ1n) is 7.41. The number of hydrogen-bond acceptors (Lipinski definition) is 5. The van der Waals surface area contributed by atoms with E-state index in [4.69, 9.17) is 5.11 Å². The second-order valence-corrected chi connectivity index (χ2v) is 6.23. The van der Waals surface area contributed by atoms with Crippen LogP contribution in [0.25, 0.3) is 0 Å². The normalized spacial score (nSPS) is 20.2.